The number of hydrogen-bond donors (Lipinski definition) is 1. The van der Waals surface area contributed by atoms with Crippen LogP contribution in [0.15, 0.2) is 12.1 Å². The van der Waals surface area contributed by atoms with E-state index in [4.69, 9.17) is 0 Å². The van der Waals surface area contributed by atoms with Crippen molar-refractivity contribution in [3.8, 4) is 0 Å². The van der Waals surface area contributed by atoms with Crippen LogP contribution in [0.5, 0.6) is 0 Å². The van der Waals surface area contributed by atoms with Gasteiger partial charge < -0.3 is 10.2 Å². The maximum Gasteiger partial charge on any atom is 0.0864 e. The van der Waals surface area contributed by atoms with Crippen molar-refractivity contribution in [2.45, 2.75) is 20.8 Å². The quantitative estimate of drug-likeness (QED) is 0.727. The van der Waals surface area contributed by atoms with Gasteiger partial charge in [-0.2, -0.15) is 0 Å². The molecule has 0 saturated heterocycles. The zero-order chi connectivity index (χ0) is 9.42. The maximum absolute atomic E-state index is 3.33. The minimum absolute atomic E-state index is 1.08. The minimum atomic E-state index is 1.08. The summed E-state index contributed by atoms with van der Waals surface area (Å²) in [7, 11) is 0. The molecule has 0 saturated carbocycles. The van der Waals surface area contributed by atoms with E-state index >= 15 is 0 Å². The molecule has 0 atom stereocenters. The molecule has 1 N–H and O–H groups in total. The van der Waals surface area contributed by atoms with Crippen molar-refractivity contribution in [2.75, 3.05) is 23.3 Å². The van der Waals surface area contributed by atoms with Gasteiger partial charge in [-0.1, -0.05) is 6.07 Å². The molecular formula is C11H16N2. The lowest BCUT2D eigenvalue weighted by Gasteiger charge is -2.20. The van der Waals surface area contributed by atoms with Crippen LogP contribution in [0, 0.1) is 6.92 Å². The Bertz CT molecular complexity index is 327. The highest BCUT2D eigenvalue weighted by Crippen LogP contribution is 2.48. The average Bonchev–Trinajstić information content (AvgIpc) is 2.91. The molecule has 0 spiro atoms. The Hall–Kier alpha value is -1.18. The first-order valence-electron chi connectivity index (χ1n) is 4.93. The molecule has 2 rings (SSSR count). The van der Waals surface area contributed by atoms with Crippen molar-refractivity contribution in [1.29, 1.82) is 0 Å². The van der Waals surface area contributed by atoms with Crippen LogP contribution >= 0.6 is 0 Å². The van der Waals surface area contributed by atoms with Gasteiger partial charge in [-0.3, -0.25) is 0 Å². The van der Waals surface area contributed by atoms with E-state index in [1.165, 1.54) is 22.6 Å². The number of rotatable bonds is 3. The number of anilines is 3. The highest BCUT2D eigenvalue weighted by molar-refractivity contribution is 6.01. The summed E-state index contributed by atoms with van der Waals surface area (Å²) in [5.41, 5.74) is 5.38. The summed E-state index contributed by atoms with van der Waals surface area (Å²) in [6.07, 6.45) is 0. The van der Waals surface area contributed by atoms with Gasteiger partial charge in [0.1, 0.15) is 0 Å². The van der Waals surface area contributed by atoms with Crippen LogP contribution in [0.2, 0.25) is 0 Å². The zero-order valence-electron chi connectivity index (χ0n) is 8.52. The Morgan fingerprint density at radius 3 is 2.46 bits per heavy atom. The van der Waals surface area contributed by atoms with Crippen molar-refractivity contribution in [1.82, 2.24) is 0 Å². The third kappa shape index (κ3) is 1.26. The fourth-order valence-corrected chi connectivity index (χ4v) is 1.78. The third-order valence-electron chi connectivity index (χ3n) is 2.68. The lowest BCUT2D eigenvalue weighted by Crippen LogP contribution is -2.21. The van der Waals surface area contributed by atoms with Crippen molar-refractivity contribution in [3.05, 3.63) is 17.7 Å². The molecule has 1 aliphatic rings. The molecule has 0 unspecified atom stereocenters. The largest absolute Gasteiger partial charge is 0.370 e. The van der Waals surface area contributed by atoms with Crippen LogP contribution in [0.4, 0.5) is 17.1 Å². The van der Waals surface area contributed by atoms with Crippen molar-refractivity contribution in [3.63, 3.8) is 0 Å². The van der Waals surface area contributed by atoms with Crippen molar-refractivity contribution < 1.29 is 0 Å². The summed E-state index contributed by atoms with van der Waals surface area (Å²) >= 11 is 0. The molecule has 13 heavy (non-hydrogen) atoms. The second kappa shape index (κ2) is 2.95. The summed E-state index contributed by atoms with van der Waals surface area (Å²) in [6.45, 7) is 8.68. The maximum atomic E-state index is 3.33. The number of nitrogens with zero attached hydrogens (tertiary/aromatic N) is 1. The van der Waals surface area contributed by atoms with Gasteiger partial charge in [0.05, 0.1) is 17.1 Å². The van der Waals surface area contributed by atoms with Crippen LogP contribution in [0.1, 0.15) is 19.4 Å². The third-order valence-corrected chi connectivity index (χ3v) is 2.68. The average molecular weight is 176 g/mol. The van der Waals surface area contributed by atoms with E-state index in [-0.39, 0.29) is 0 Å². The Morgan fingerprint density at radius 1 is 1.15 bits per heavy atom. The smallest absolute Gasteiger partial charge is 0.0864 e. The monoisotopic (exact) mass is 176 g/mol. The van der Waals surface area contributed by atoms with E-state index in [9.17, 15) is 0 Å². The molecule has 0 fully saturated rings. The summed E-state index contributed by atoms with van der Waals surface area (Å²) in [6, 6.07) is 4.40. The minimum Gasteiger partial charge on any atom is -0.370 e. The van der Waals surface area contributed by atoms with E-state index in [0.717, 1.165) is 13.1 Å². The van der Waals surface area contributed by atoms with E-state index in [1.807, 2.05) is 0 Å². The number of aryl methyl sites for hydroxylation is 1. The van der Waals surface area contributed by atoms with Crippen LogP contribution in [-0.2, 0) is 0 Å². The van der Waals surface area contributed by atoms with E-state index in [1.54, 1.807) is 0 Å². The number of hydrogen-bond acceptors (Lipinski definition) is 2. The normalized spacial score (nSPS) is 11.9. The van der Waals surface area contributed by atoms with Gasteiger partial charge in [0.15, 0.2) is 0 Å². The highest BCUT2D eigenvalue weighted by Gasteiger charge is 2.24. The first kappa shape index (κ1) is 8.42. The van der Waals surface area contributed by atoms with Crippen LogP contribution in [0.25, 0.3) is 0 Å². The van der Waals surface area contributed by atoms with Gasteiger partial charge in [-0.25, -0.2) is 0 Å². The molecule has 2 nitrogen and oxygen atoms in total. The molecule has 0 aliphatic carbocycles. The predicted octanol–water partition coefficient (Wildman–Crippen LogP) is 2.90. The van der Waals surface area contributed by atoms with Gasteiger partial charge in [0.2, 0.25) is 0 Å². The van der Waals surface area contributed by atoms with E-state index in [2.05, 4.69) is 43.1 Å². The van der Waals surface area contributed by atoms with Crippen molar-refractivity contribution in [2.24, 2.45) is 0 Å². The molecule has 1 aromatic carbocycles. The lowest BCUT2D eigenvalue weighted by molar-refractivity contribution is 0.869. The summed E-state index contributed by atoms with van der Waals surface area (Å²) in [5.74, 6) is 0. The van der Waals surface area contributed by atoms with Gasteiger partial charge in [0.25, 0.3) is 0 Å². The van der Waals surface area contributed by atoms with Gasteiger partial charge in [-0.05, 0) is 32.4 Å². The Kier molecular flexibility index (Phi) is 1.91. The Labute approximate surface area is 79.6 Å². The lowest BCUT2D eigenvalue weighted by atomic mass is 10.2. The first-order chi connectivity index (χ1) is 6.27. The standard InChI is InChI=1S/C11H16N2/c1-4-13(5-2)9-7-6-8(3)10-11(9)12-10/h6-7,12H,4-5H2,1-3H3. The molecule has 0 bridgehead atoms. The highest BCUT2D eigenvalue weighted by atomic mass is 15.2. The number of nitrogens with one attached hydrogen (secondary N) is 1. The summed E-state index contributed by atoms with van der Waals surface area (Å²) < 4.78 is 0. The first-order valence-corrected chi connectivity index (χ1v) is 4.93. The van der Waals surface area contributed by atoms with Gasteiger partial charge in [0, 0.05) is 13.1 Å². The second-order valence-electron chi connectivity index (χ2n) is 3.45. The zero-order valence-corrected chi connectivity index (χ0v) is 8.52. The fourth-order valence-electron chi connectivity index (χ4n) is 1.78. The fraction of sp³-hybridized carbons (Fsp3) is 0.455. The molecule has 0 amide bonds. The molecule has 1 heterocycles. The molecule has 1 aliphatic heterocycles. The topological polar surface area (TPSA) is 25.2 Å². The molecule has 70 valence electrons. The summed E-state index contributed by atoms with van der Waals surface area (Å²) in [5, 5.41) is 3.33. The molecule has 0 radical (unpaired) electrons. The van der Waals surface area contributed by atoms with Gasteiger partial charge >= 0.3 is 0 Å². The Balaban J connectivity index is 2.33. The molecule has 1 aromatic rings. The predicted molar refractivity (Wildman–Crippen MR) is 58.0 cm³/mol. The Morgan fingerprint density at radius 2 is 1.85 bits per heavy atom. The van der Waals surface area contributed by atoms with E-state index < -0.39 is 0 Å². The number of benzene rings is 1. The second-order valence-corrected chi connectivity index (χ2v) is 3.45. The van der Waals surface area contributed by atoms with Crippen molar-refractivity contribution >= 4 is 17.1 Å². The molecular weight excluding hydrogens is 160 g/mol. The molecule has 0 aromatic heterocycles. The van der Waals surface area contributed by atoms with Crippen LogP contribution in [-0.4, -0.2) is 13.1 Å². The van der Waals surface area contributed by atoms with E-state index in [0.29, 0.717) is 0 Å². The number of fused-ring (bicyclic) bond motifs is 1. The molecule has 2 heteroatoms. The van der Waals surface area contributed by atoms with Crippen LogP contribution < -0.4 is 10.2 Å². The van der Waals surface area contributed by atoms with Crippen LogP contribution in [0.3, 0.4) is 0 Å². The summed E-state index contributed by atoms with van der Waals surface area (Å²) in [4.78, 5) is 2.37. The van der Waals surface area contributed by atoms with Gasteiger partial charge in [-0.15, -0.1) is 0 Å². The SMILES string of the molecule is CCN(CC)c1ccc(C)c2c1N2.